The molecule has 3 rings (SSSR count). The highest BCUT2D eigenvalue weighted by Gasteiger charge is 2.10. The van der Waals surface area contributed by atoms with Gasteiger partial charge in [-0.15, -0.1) is 0 Å². The van der Waals surface area contributed by atoms with E-state index in [4.69, 9.17) is 0 Å². The molecule has 5 nitrogen and oxygen atoms in total. The Balaban J connectivity index is 1.86. The van der Waals surface area contributed by atoms with Crippen LogP contribution in [-0.4, -0.2) is 9.91 Å². The first kappa shape index (κ1) is 14.0. The Bertz CT molecular complexity index is 810. The third-order valence-corrected chi connectivity index (χ3v) is 3.63. The number of nitro benzene ring substituents is 1. The summed E-state index contributed by atoms with van der Waals surface area (Å²) in [5.41, 5.74) is 1.07. The lowest BCUT2D eigenvalue weighted by Crippen LogP contribution is -2.08. The van der Waals surface area contributed by atoms with Gasteiger partial charge >= 0.3 is 0 Å². The van der Waals surface area contributed by atoms with E-state index in [9.17, 15) is 10.1 Å². The molecule has 0 saturated heterocycles. The number of pyridine rings is 1. The topological polar surface area (TPSA) is 68.1 Å². The number of hydrogen-bond donors (Lipinski definition) is 1. The number of nitro groups is 1. The SMILES string of the molecule is CC(Nc1nccc2ccccc12)c1ccc([N+](=O)[O-])cc1. The lowest BCUT2D eigenvalue weighted by atomic mass is 10.1. The van der Waals surface area contributed by atoms with E-state index in [-0.39, 0.29) is 11.7 Å². The van der Waals surface area contributed by atoms with E-state index in [0.29, 0.717) is 0 Å². The standard InChI is InChI=1S/C17H15N3O2/c1-12(13-6-8-15(9-7-13)20(21)22)19-17-16-5-3-2-4-14(16)10-11-18-17/h2-12H,1H3,(H,18,19). The number of anilines is 1. The van der Waals surface area contributed by atoms with E-state index in [0.717, 1.165) is 22.2 Å². The van der Waals surface area contributed by atoms with Crippen molar-refractivity contribution in [3.8, 4) is 0 Å². The maximum atomic E-state index is 10.7. The molecule has 22 heavy (non-hydrogen) atoms. The molecule has 3 aromatic rings. The maximum Gasteiger partial charge on any atom is 0.269 e. The van der Waals surface area contributed by atoms with Gasteiger partial charge < -0.3 is 5.32 Å². The van der Waals surface area contributed by atoms with Crippen molar-refractivity contribution in [3.05, 3.63) is 76.5 Å². The molecule has 0 spiro atoms. The van der Waals surface area contributed by atoms with E-state index in [2.05, 4.69) is 10.3 Å². The molecule has 1 aromatic heterocycles. The van der Waals surface area contributed by atoms with Gasteiger partial charge in [-0.2, -0.15) is 0 Å². The van der Waals surface area contributed by atoms with Crippen LogP contribution in [0.5, 0.6) is 0 Å². The first-order chi connectivity index (χ1) is 10.6. The third-order valence-electron chi connectivity index (χ3n) is 3.63. The number of aromatic nitrogens is 1. The molecule has 5 heteroatoms. The lowest BCUT2D eigenvalue weighted by Gasteiger charge is -2.16. The zero-order valence-corrected chi connectivity index (χ0v) is 12.1. The van der Waals surface area contributed by atoms with Crippen LogP contribution in [0.25, 0.3) is 10.8 Å². The zero-order chi connectivity index (χ0) is 15.5. The van der Waals surface area contributed by atoms with Crippen molar-refractivity contribution in [2.24, 2.45) is 0 Å². The average molecular weight is 293 g/mol. The summed E-state index contributed by atoms with van der Waals surface area (Å²) in [7, 11) is 0. The van der Waals surface area contributed by atoms with Crippen LogP contribution in [0.1, 0.15) is 18.5 Å². The number of benzene rings is 2. The molecule has 0 saturated carbocycles. The van der Waals surface area contributed by atoms with Crippen LogP contribution >= 0.6 is 0 Å². The summed E-state index contributed by atoms with van der Waals surface area (Å²) in [6.07, 6.45) is 1.77. The van der Waals surface area contributed by atoms with E-state index in [1.807, 2.05) is 37.3 Å². The van der Waals surface area contributed by atoms with Crippen LogP contribution in [-0.2, 0) is 0 Å². The summed E-state index contributed by atoms with van der Waals surface area (Å²) in [6, 6.07) is 16.6. The molecule has 0 aliphatic carbocycles. The van der Waals surface area contributed by atoms with Crippen LogP contribution < -0.4 is 5.32 Å². The summed E-state index contributed by atoms with van der Waals surface area (Å²) >= 11 is 0. The van der Waals surface area contributed by atoms with Crippen LogP contribution in [0.3, 0.4) is 0 Å². The number of nitrogens with zero attached hydrogens (tertiary/aromatic N) is 2. The quantitative estimate of drug-likeness (QED) is 0.574. The molecule has 1 unspecified atom stereocenters. The van der Waals surface area contributed by atoms with Gasteiger partial charge in [-0.05, 0) is 23.9 Å². The molecule has 0 aliphatic rings. The predicted octanol–water partition coefficient (Wildman–Crippen LogP) is 4.32. The van der Waals surface area contributed by atoms with Crippen LogP contribution in [0, 0.1) is 10.1 Å². The minimum Gasteiger partial charge on any atom is -0.363 e. The Morgan fingerprint density at radius 3 is 2.55 bits per heavy atom. The summed E-state index contributed by atoms with van der Waals surface area (Å²) in [5, 5.41) is 16.2. The highest BCUT2D eigenvalue weighted by molar-refractivity contribution is 5.91. The van der Waals surface area contributed by atoms with Crippen molar-refractivity contribution in [1.82, 2.24) is 4.98 Å². The number of hydrogen-bond acceptors (Lipinski definition) is 4. The normalized spacial score (nSPS) is 12.0. The molecule has 1 N–H and O–H groups in total. The molecular formula is C17H15N3O2. The highest BCUT2D eigenvalue weighted by atomic mass is 16.6. The van der Waals surface area contributed by atoms with Crippen molar-refractivity contribution in [2.45, 2.75) is 13.0 Å². The Morgan fingerprint density at radius 2 is 1.82 bits per heavy atom. The second-order valence-electron chi connectivity index (χ2n) is 5.10. The molecule has 0 fully saturated rings. The monoisotopic (exact) mass is 293 g/mol. The number of rotatable bonds is 4. The Kier molecular flexibility index (Phi) is 3.70. The maximum absolute atomic E-state index is 10.7. The molecule has 0 bridgehead atoms. The van der Waals surface area contributed by atoms with E-state index >= 15 is 0 Å². The Labute approximate surface area is 127 Å². The average Bonchev–Trinajstić information content (AvgIpc) is 2.55. The summed E-state index contributed by atoms with van der Waals surface area (Å²) in [4.78, 5) is 14.7. The largest absolute Gasteiger partial charge is 0.363 e. The van der Waals surface area contributed by atoms with Gasteiger partial charge in [0.2, 0.25) is 0 Å². The molecule has 0 radical (unpaired) electrons. The molecule has 1 atom stereocenters. The van der Waals surface area contributed by atoms with Gasteiger partial charge in [0.05, 0.1) is 4.92 Å². The second-order valence-corrected chi connectivity index (χ2v) is 5.10. The minimum absolute atomic E-state index is 0.000824. The van der Waals surface area contributed by atoms with Crippen molar-refractivity contribution in [3.63, 3.8) is 0 Å². The van der Waals surface area contributed by atoms with Crippen LogP contribution in [0.15, 0.2) is 60.8 Å². The Morgan fingerprint density at radius 1 is 1.09 bits per heavy atom. The van der Waals surface area contributed by atoms with Crippen LogP contribution in [0.4, 0.5) is 11.5 Å². The lowest BCUT2D eigenvalue weighted by molar-refractivity contribution is -0.384. The van der Waals surface area contributed by atoms with E-state index < -0.39 is 4.92 Å². The zero-order valence-electron chi connectivity index (χ0n) is 12.1. The fraction of sp³-hybridized carbons (Fsp3) is 0.118. The molecule has 2 aromatic carbocycles. The molecule has 1 heterocycles. The molecular weight excluding hydrogens is 278 g/mol. The minimum atomic E-state index is -0.395. The van der Waals surface area contributed by atoms with Crippen LogP contribution in [0.2, 0.25) is 0 Å². The molecule has 0 aliphatic heterocycles. The number of fused-ring (bicyclic) bond motifs is 1. The van der Waals surface area contributed by atoms with Crippen molar-refractivity contribution in [2.75, 3.05) is 5.32 Å². The van der Waals surface area contributed by atoms with Gasteiger partial charge in [0.1, 0.15) is 5.82 Å². The first-order valence-electron chi connectivity index (χ1n) is 7.00. The van der Waals surface area contributed by atoms with Gasteiger partial charge in [-0.1, -0.05) is 36.4 Å². The smallest absolute Gasteiger partial charge is 0.269 e. The summed E-state index contributed by atoms with van der Waals surface area (Å²) < 4.78 is 0. The van der Waals surface area contributed by atoms with Crippen molar-refractivity contribution >= 4 is 22.3 Å². The Hall–Kier alpha value is -2.95. The highest BCUT2D eigenvalue weighted by Crippen LogP contribution is 2.25. The predicted molar refractivity (Wildman–Crippen MR) is 86.9 cm³/mol. The fourth-order valence-electron chi connectivity index (χ4n) is 2.41. The van der Waals surface area contributed by atoms with Gasteiger partial charge in [-0.25, -0.2) is 4.98 Å². The van der Waals surface area contributed by atoms with Gasteiger partial charge in [0.25, 0.3) is 5.69 Å². The summed E-state index contributed by atoms with van der Waals surface area (Å²) in [6.45, 7) is 2.00. The second kappa shape index (κ2) is 5.81. The third kappa shape index (κ3) is 2.74. The van der Waals surface area contributed by atoms with E-state index in [1.165, 1.54) is 12.1 Å². The van der Waals surface area contributed by atoms with Crippen molar-refractivity contribution < 1.29 is 4.92 Å². The van der Waals surface area contributed by atoms with Gasteiger partial charge in [-0.3, -0.25) is 10.1 Å². The first-order valence-corrected chi connectivity index (χ1v) is 7.00. The fourth-order valence-corrected chi connectivity index (χ4v) is 2.41. The van der Waals surface area contributed by atoms with Crippen molar-refractivity contribution in [1.29, 1.82) is 0 Å². The van der Waals surface area contributed by atoms with Gasteiger partial charge in [0, 0.05) is 29.8 Å². The summed E-state index contributed by atoms with van der Waals surface area (Å²) in [5.74, 6) is 0.809. The van der Waals surface area contributed by atoms with E-state index in [1.54, 1.807) is 18.3 Å². The molecule has 0 amide bonds. The molecule has 110 valence electrons. The number of non-ortho nitro benzene ring substituents is 1. The van der Waals surface area contributed by atoms with Gasteiger partial charge in [0.15, 0.2) is 0 Å². The number of nitrogens with one attached hydrogen (secondary N) is 1.